The molecule has 30 heavy (non-hydrogen) atoms. The van der Waals surface area contributed by atoms with Gasteiger partial charge in [0.05, 0.1) is 23.2 Å². The number of hydrogen-bond acceptors (Lipinski definition) is 5. The summed E-state index contributed by atoms with van der Waals surface area (Å²) >= 11 is 6.08. The summed E-state index contributed by atoms with van der Waals surface area (Å²) in [5, 5.41) is 20.9. The minimum absolute atomic E-state index is 0.00187. The van der Waals surface area contributed by atoms with Crippen molar-refractivity contribution in [1.29, 1.82) is 0 Å². The number of amides is 1. The lowest BCUT2D eigenvalue weighted by molar-refractivity contribution is -0.139. The van der Waals surface area contributed by atoms with Gasteiger partial charge in [0.25, 0.3) is 11.7 Å². The zero-order chi connectivity index (χ0) is 21.8. The van der Waals surface area contributed by atoms with E-state index in [1.807, 2.05) is 13.8 Å². The van der Waals surface area contributed by atoms with E-state index < -0.39 is 17.7 Å². The number of benzene rings is 2. The predicted octanol–water partition coefficient (Wildman–Crippen LogP) is 4.67. The Hall–Kier alpha value is -2.99. The van der Waals surface area contributed by atoms with E-state index in [9.17, 15) is 19.8 Å². The lowest BCUT2D eigenvalue weighted by Gasteiger charge is -2.25. The van der Waals surface area contributed by atoms with Gasteiger partial charge in [0, 0.05) is 12.1 Å². The van der Waals surface area contributed by atoms with E-state index in [4.69, 9.17) is 16.3 Å². The minimum atomic E-state index is -0.791. The molecule has 1 saturated heterocycles. The normalized spacial score (nSPS) is 18.1. The minimum Gasteiger partial charge on any atom is -0.507 e. The van der Waals surface area contributed by atoms with Crippen LogP contribution in [0.5, 0.6) is 11.5 Å². The third-order valence-corrected chi connectivity index (χ3v) is 5.32. The highest BCUT2D eigenvalue weighted by Crippen LogP contribution is 2.41. The third-order valence-electron chi connectivity index (χ3n) is 5.02. The Labute approximate surface area is 180 Å². The van der Waals surface area contributed by atoms with E-state index in [1.54, 1.807) is 30.3 Å². The molecular formula is C23H24ClNO5. The summed E-state index contributed by atoms with van der Waals surface area (Å²) in [4.78, 5) is 27.1. The van der Waals surface area contributed by atoms with Crippen LogP contribution in [0.3, 0.4) is 0 Å². The van der Waals surface area contributed by atoms with Crippen LogP contribution in [0.15, 0.2) is 48.0 Å². The highest BCUT2D eigenvalue weighted by molar-refractivity contribution is 6.46. The van der Waals surface area contributed by atoms with Crippen LogP contribution in [0.4, 0.5) is 0 Å². The average molecular weight is 430 g/mol. The summed E-state index contributed by atoms with van der Waals surface area (Å²) in [7, 11) is 0. The maximum absolute atomic E-state index is 12.9. The van der Waals surface area contributed by atoms with Crippen LogP contribution in [0, 0.1) is 0 Å². The number of carbonyl (C=O) groups excluding carboxylic acids is 2. The molecule has 0 saturated carbocycles. The van der Waals surface area contributed by atoms with Gasteiger partial charge in [0.1, 0.15) is 17.3 Å². The molecule has 1 amide bonds. The third kappa shape index (κ3) is 4.14. The summed E-state index contributed by atoms with van der Waals surface area (Å²) < 4.78 is 5.42. The van der Waals surface area contributed by atoms with Crippen LogP contribution < -0.4 is 4.74 Å². The molecule has 0 spiro atoms. The number of nitrogens with zero attached hydrogens (tertiary/aromatic N) is 1. The van der Waals surface area contributed by atoms with Crippen LogP contribution in [0.2, 0.25) is 5.02 Å². The lowest BCUT2D eigenvalue weighted by Crippen LogP contribution is -2.30. The van der Waals surface area contributed by atoms with Gasteiger partial charge in [-0.3, -0.25) is 9.59 Å². The van der Waals surface area contributed by atoms with Crippen molar-refractivity contribution in [3.05, 3.63) is 64.2 Å². The molecular weight excluding hydrogens is 406 g/mol. The molecule has 1 atom stereocenters. The number of phenols is 1. The summed E-state index contributed by atoms with van der Waals surface area (Å²) in [5.74, 6) is -1.13. The Morgan fingerprint density at radius 2 is 1.83 bits per heavy atom. The first-order chi connectivity index (χ1) is 14.4. The molecule has 1 fully saturated rings. The topological polar surface area (TPSA) is 87.1 Å². The second-order valence-electron chi connectivity index (χ2n) is 7.01. The molecule has 1 aliphatic rings. The number of hydrogen-bond donors (Lipinski definition) is 2. The molecule has 7 heteroatoms. The number of ketones is 1. The molecule has 6 nitrogen and oxygen atoms in total. The highest BCUT2D eigenvalue weighted by Gasteiger charge is 2.45. The Morgan fingerprint density at radius 1 is 1.13 bits per heavy atom. The molecule has 0 aromatic heterocycles. The van der Waals surface area contributed by atoms with Crippen LogP contribution in [-0.4, -0.2) is 40.0 Å². The first kappa shape index (κ1) is 21.7. The molecule has 0 bridgehead atoms. The van der Waals surface area contributed by atoms with E-state index in [0.717, 1.165) is 6.42 Å². The van der Waals surface area contributed by atoms with Gasteiger partial charge in [0.15, 0.2) is 0 Å². The number of unbranched alkanes of at least 4 members (excludes halogenated alkanes) is 1. The fourth-order valence-corrected chi connectivity index (χ4v) is 3.70. The number of halogens is 1. The fourth-order valence-electron chi connectivity index (χ4n) is 3.51. The number of aliphatic hydroxyl groups excluding tert-OH is 1. The van der Waals surface area contributed by atoms with Gasteiger partial charge in [-0.15, -0.1) is 0 Å². The van der Waals surface area contributed by atoms with E-state index in [1.165, 1.54) is 17.0 Å². The zero-order valence-corrected chi connectivity index (χ0v) is 17.6. The van der Waals surface area contributed by atoms with E-state index in [2.05, 4.69) is 0 Å². The molecule has 3 rings (SSSR count). The molecule has 1 heterocycles. The first-order valence-corrected chi connectivity index (χ1v) is 10.3. The van der Waals surface area contributed by atoms with Crippen molar-refractivity contribution < 1.29 is 24.5 Å². The number of carbonyl (C=O) groups is 2. The molecule has 0 aliphatic carbocycles. The molecule has 2 aromatic carbocycles. The second kappa shape index (κ2) is 9.22. The van der Waals surface area contributed by atoms with E-state index >= 15 is 0 Å². The van der Waals surface area contributed by atoms with Gasteiger partial charge in [0.2, 0.25) is 0 Å². The van der Waals surface area contributed by atoms with Crippen molar-refractivity contribution in [2.24, 2.45) is 0 Å². The van der Waals surface area contributed by atoms with Crippen molar-refractivity contribution in [3.8, 4) is 11.5 Å². The number of likely N-dealkylation sites (tertiary alicyclic amines) is 1. The Balaban J connectivity index is 2.12. The SMILES string of the molecule is CCCCN1C(=O)C(=O)/C(=C(\O)c2ccc(OCC)cc2)C1c1ccc(O)c(Cl)c1. The largest absolute Gasteiger partial charge is 0.507 e. The van der Waals surface area contributed by atoms with E-state index in [-0.39, 0.29) is 22.1 Å². The number of aromatic hydroxyl groups is 1. The predicted molar refractivity (Wildman–Crippen MR) is 115 cm³/mol. The molecule has 1 unspecified atom stereocenters. The van der Waals surface area contributed by atoms with Crippen LogP contribution in [0.25, 0.3) is 5.76 Å². The fraction of sp³-hybridized carbons (Fsp3) is 0.304. The highest BCUT2D eigenvalue weighted by atomic mass is 35.5. The van der Waals surface area contributed by atoms with Crippen LogP contribution >= 0.6 is 11.6 Å². The molecule has 2 aromatic rings. The number of phenolic OH excluding ortho intramolecular Hbond substituents is 1. The van der Waals surface area contributed by atoms with Crippen molar-refractivity contribution in [3.63, 3.8) is 0 Å². The maximum atomic E-state index is 12.9. The van der Waals surface area contributed by atoms with Gasteiger partial charge in [-0.05, 0) is 55.3 Å². The molecule has 1 aliphatic heterocycles. The van der Waals surface area contributed by atoms with Crippen molar-refractivity contribution >= 4 is 29.1 Å². The van der Waals surface area contributed by atoms with Crippen molar-refractivity contribution in [2.45, 2.75) is 32.7 Å². The Morgan fingerprint density at radius 3 is 2.43 bits per heavy atom. The smallest absolute Gasteiger partial charge is 0.295 e. The van der Waals surface area contributed by atoms with Crippen molar-refractivity contribution in [2.75, 3.05) is 13.2 Å². The average Bonchev–Trinajstić information content (AvgIpc) is 2.99. The van der Waals surface area contributed by atoms with Crippen LogP contribution in [0.1, 0.15) is 43.9 Å². The zero-order valence-electron chi connectivity index (χ0n) is 16.9. The summed E-state index contributed by atoms with van der Waals surface area (Å²) in [6, 6.07) is 10.4. The monoisotopic (exact) mass is 429 g/mol. The number of Topliss-reactive ketones (excluding diaryl/α,β-unsaturated/α-hetero) is 1. The number of rotatable bonds is 7. The number of aliphatic hydroxyl groups is 1. The van der Waals surface area contributed by atoms with Gasteiger partial charge in [-0.25, -0.2) is 0 Å². The van der Waals surface area contributed by atoms with Gasteiger partial charge in [-0.1, -0.05) is 31.0 Å². The maximum Gasteiger partial charge on any atom is 0.295 e. The lowest BCUT2D eigenvalue weighted by atomic mass is 9.95. The second-order valence-corrected chi connectivity index (χ2v) is 7.42. The molecule has 2 N–H and O–H groups in total. The molecule has 158 valence electrons. The number of ether oxygens (including phenoxy) is 1. The molecule has 0 radical (unpaired) electrons. The Kier molecular flexibility index (Phi) is 6.67. The van der Waals surface area contributed by atoms with E-state index in [0.29, 0.717) is 36.4 Å². The summed E-state index contributed by atoms with van der Waals surface area (Å²) in [6.07, 6.45) is 1.55. The van der Waals surface area contributed by atoms with Gasteiger partial charge in [-0.2, -0.15) is 0 Å². The quantitative estimate of drug-likeness (QED) is 0.379. The standard InChI is InChI=1S/C23H24ClNO5/c1-3-5-12-25-20(15-8-11-18(26)17(24)13-15)19(22(28)23(25)29)21(27)14-6-9-16(10-7-14)30-4-2/h6-11,13,20,26-27H,3-5,12H2,1-2H3/b21-19-. The van der Waals surface area contributed by atoms with Gasteiger partial charge < -0.3 is 19.8 Å². The van der Waals surface area contributed by atoms with Gasteiger partial charge >= 0.3 is 0 Å². The van der Waals surface area contributed by atoms with Crippen molar-refractivity contribution in [1.82, 2.24) is 4.90 Å². The summed E-state index contributed by atoms with van der Waals surface area (Å²) in [6.45, 7) is 4.73. The first-order valence-electron chi connectivity index (χ1n) is 9.89. The Bertz CT molecular complexity index is 984. The van der Waals surface area contributed by atoms with Crippen LogP contribution in [-0.2, 0) is 9.59 Å². The summed E-state index contributed by atoms with van der Waals surface area (Å²) in [5.41, 5.74) is 0.949.